The van der Waals surface area contributed by atoms with Gasteiger partial charge in [0.2, 0.25) is 0 Å². The standard InChI is InChI=1S/C14H24N4/c1-3-4-12-13(15)14(17(2)16-12)18(11-7-8-11)9-10-5-6-10/h10-11H,3-9,15H2,1-2H3. The molecule has 0 unspecified atom stereocenters. The Hall–Kier alpha value is -1.19. The van der Waals surface area contributed by atoms with Gasteiger partial charge in [-0.3, -0.25) is 4.68 Å². The Morgan fingerprint density at radius 3 is 2.61 bits per heavy atom. The lowest BCUT2D eigenvalue weighted by Gasteiger charge is -2.25. The fraction of sp³-hybridized carbons (Fsp3) is 0.786. The summed E-state index contributed by atoms with van der Waals surface area (Å²) < 4.78 is 2.00. The molecule has 0 spiro atoms. The van der Waals surface area contributed by atoms with Gasteiger partial charge >= 0.3 is 0 Å². The first-order valence-corrected chi connectivity index (χ1v) is 7.28. The molecule has 1 heterocycles. The van der Waals surface area contributed by atoms with Crippen LogP contribution in [0, 0.1) is 5.92 Å². The number of nitrogens with zero attached hydrogens (tertiary/aromatic N) is 3. The monoisotopic (exact) mass is 248 g/mol. The van der Waals surface area contributed by atoms with E-state index in [2.05, 4.69) is 16.9 Å². The lowest BCUT2D eigenvalue weighted by atomic mass is 10.2. The molecule has 0 saturated heterocycles. The number of nitrogens with two attached hydrogens (primary N) is 1. The summed E-state index contributed by atoms with van der Waals surface area (Å²) in [6, 6.07) is 0.720. The average molecular weight is 248 g/mol. The Labute approximate surface area is 109 Å². The summed E-state index contributed by atoms with van der Waals surface area (Å²) in [6.45, 7) is 3.36. The summed E-state index contributed by atoms with van der Waals surface area (Å²) in [5, 5.41) is 4.61. The molecule has 0 atom stereocenters. The second kappa shape index (κ2) is 4.48. The van der Waals surface area contributed by atoms with Crippen LogP contribution >= 0.6 is 0 Å². The molecule has 2 aliphatic carbocycles. The third kappa shape index (κ3) is 2.20. The van der Waals surface area contributed by atoms with Crippen molar-refractivity contribution in [2.45, 2.75) is 51.5 Å². The van der Waals surface area contributed by atoms with Crippen molar-refractivity contribution in [2.24, 2.45) is 13.0 Å². The summed E-state index contributed by atoms with van der Waals surface area (Å²) >= 11 is 0. The highest BCUT2D eigenvalue weighted by Crippen LogP contribution is 2.40. The van der Waals surface area contributed by atoms with Crippen molar-refractivity contribution in [3.63, 3.8) is 0 Å². The number of aryl methyl sites for hydroxylation is 2. The van der Waals surface area contributed by atoms with E-state index >= 15 is 0 Å². The van der Waals surface area contributed by atoms with Crippen molar-refractivity contribution in [3.8, 4) is 0 Å². The van der Waals surface area contributed by atoms with Crippen LogP contribution in [0.5, 0.6) is 0 Å². The molecule has 100 valence electrons. The largest absolute Gasteiger partial charge is 0.394 e. The van der Waals surface area contributed by atoms with E-state index in [0.29, 0.717) is 0 Å². The van der Waals surface area contributed by atoms with E-state index in [4.69, 9.17) is 5.73 Å². The third-order valence-corrected chi connectivity index (χ3v) is 4.03. The highest BCUT2D eigenvalue weighted by molar-refractivity contribution is 5.67. The van der Waals surface area contributed by atoms with Gasteiger partial charge in [-0.25, -0.2) is 0 Å². The summed E-state index contributed by atoms with van der Waals surface area (Å²) in [6.07, 6.45) is 7.51. The molecule has 2 saturated carbocycles. The van der Waals surface area contributed by atoms with Crippen LogP contribution in [0.15, 0.2) is 0 Å². The molecular formula is C14H24N4. The predicted molar refractivity (Wildman–Crippen MR) is 74.7 cm³/mol. The number of anilines is 2. The maximum absolute atomic E-state index is 6.33. The quantitative estimate of drug-likeness (QED) is 0.840. The van der Waals surface area contributed by atoms with Crippen LogP contribution in [0.4, 0.5) is 11.5 Å². The molecule has 1 aromatic heterocycles. The van der Waals surface area contributed by atoms with Gasteiger partial charge in [0.15, 0.2) is 5.82 Å². The van der Waals surface area contributed by atoms with Crippen molar-refractivity contribution in [3.05, 3.63) is 5.69 Å². The molecule has 0 radical (unpaired) electrons. The van der Waals surface area contributed by atoms with Crippen LogP contribution in [0.2, 0.25) is 0 Å². The Balaban J connectivity index is 1.87. The Morgan fingerprint density at radius 2 is 2.06 bits per heavy atom. The van der Waals surface area contributed by atoms with Gasteiger partial charge in [-0.05, 0) is 38.0 Å². The molecular weight excluding hydrogens is 224 g/mol. The minimum atomic E-state index is 0.720. The number of aromatic nitrogens is 2. The zero-order valence-corrected chi connectivity index (χ0v) is 11.5. The molecule has 4 nitrogen and oxygen atoms in total. The van der Waals surface area contributed by atoms with Crippen molar-refractivity contribution in [1.29, 1.82) is 0 Å². The third-order valence-electron chi connectivity index (χ3n) is 4.03. The number of hydrogen-bond acceptors (Lipinski definition) is 3. The van der Waals surface area contributed by atoms with Crippen LogP contribution in [0.3, 0.4) is 0 Å². The van der Waals surface area contributed by atoms with E-state index in [-0.39, 0.29) is 0 Å². The van der Waals surface area contributed by atoms with Crippen LogP contribution in [-0.4, -0.2) is 22.4 Å². The number of nitrogen functional groups attached to an aromatic ring is 1. The molecule has 2 aliphatic rings. The summed E-state index contributed by atoms with van der Waals surface area (Å²) in [5.74, 6) is 2.07. The lowest BCUT2D eigenvalue weighted by Crippen LogP contribution is -2.30. The Morgan fingerprint density at radius 1 is 1.33 bits per heavy atom. The maximum atomic E-state index is 6.33. The van der Waals surface area contributed by atoms with Crippen molar-refractivity contribution in [2.75, 3.05) is 17.2 Å². The normalized spacial score (nSPS) is 19.2. The smallest absolute Gasteiger partial charge is 0.150 e. The summed E-state index contributed by atoms with van der Waals surface area (Å²) in [5.41, 5.74) is 8.33. The molecule has 4 heteroatoms. The molecule has 2 fully saturated rings. The summed E-state index contributed by atoms with van der Waals surface area (Å²) in [7, 11) is 2.03. The van der Waals surface area contributed by atoms with Crippen molar-refractivity contribution in [1.82, 2.24) is 9.78 Å². The minimum absolute atomic E-state index is 0.720. The van der Waals surface area contributed by atoms with E-state index in [9.17, 15) is 0 Å². The first-order valence-electron chi connectivity index (χ1n) is 7.28. The molecule has 1 aromatic rings. The first-order chi connectivity index (χ1) is 8.70. The lowest BCUT2D eigenvalue weighted by molar-refractivity contribution is 0.659. The Bertz CT molecular complexity index is 429. The second-order valence-corrected chi connectivity index (χ2v) is 5.88. The van der Waals surface area contributed by atoms with Gasteiger partial charge in [0, 0.05) is 19.6 Å². The van der Waals surface area contributed by atoms with Gasteiger partial charge in [-0.15, -0.1) is 0 Å². The van der Waals surface area contributed by atoms with E-state index in [1.807, 2.05) is 11.7 Å². The number of hydrogen-bond donors (Lipinski definition) is 1. The molecule has 0 aromatic carbocycles. The second-order valence-electron chi connectivity index (χ2n) is 5.88. The molecule has 0 aliphatic heterocycles. The zero-order chi connectivity index (χ0) is 12.7. The molecule has 2 N–H and O–H groups in total. The van der Waals surface area contributed by atoms with E-state index in [0.717, 1.165) is 36.2 Å². The molecule has 0 amide bonds. The van der Waals surface area contributed by atoms with Gasteiger partial charge < -0.3 is 10.6 Å². The molecule has 18 heavy (non-hydrogen) atoms. The highest BCUT2D eigenvalue weighted by Gasteiger charge is 2.36. The average Bonchev–Trinajstić information content (AvgIpc) is 3.21. The van der Waals surface area contributed by atoms with Crippen LogP contribution in [-0.2, 0) is 13.5 Å². The van der Waals surface area contributed by atoms with Gasteiger partial charge in [-0.1, -0.05) is 13.3 Å². The van der Waals surface area contributed by atoms with Crippen LogP contribution in [0.25, 0.3) is 0 Å². The minimum Gasteiger partial charge on any atom is -0.394 e. The van der Waals surface area contributed by atoms with Crippen LogP contribution in [0.1, 0.15) is 44.7 Å². The van der Waals surface area contributed by atoms with E-state index in [1.54, 1.807) is 0 Å². The van der Waals surface area contributed by atoms with Gasteiger partial charge in [0.25, 0.3) is 0 Å². The SMILES string of the molecule is CCCc1nn(C)c(N(CC2CC2)C2CC2)c1N. The zero-order valence-electron chi connectivity index (χ0n) is 11.5. The fourth-order valence-corrected chi connectivity index (χ4v) is 2.72. The van der Waals surface area contributed by atoms with Crippen molar-refractivity contribution < 1.29 is 0 Å². The number of rotatable bonds is 6. The summed E-state index contributed by atoms with van der Waals surface area (Å²) in [4.78, 5) is 2.53. The van der Waals surface area contributed by atoms with Crippen LogP contribution < -0.4 is 10.6 Å². The van der Waals surface area contributed by atoms with E-state index in [1.165, 1.54) is 38.0 Å². The van der Waals surface area contributed by atoms with Gasteiger partial charge in [0.1, 0.15) is 0 Å². The first kappa shape index (κ1) is 11.9. The maximum Gasteiger partial charge on any atom is 0.150 e. The highest BCUT2D eigenvalue weighted by atomic mass is 15.4. The van der Waals surface area contributed by atoms with Gasteiger partial charge in [0.05, 0.1) is 11.4 Å². The topological polar surface area (TPSA) is 47.1 Å². The van der Waals surface area contributed by atoms with Crippen molar-refractivity contribution >= 4 is 11.5 Å². The molecule has 0 bridgehead atoms. The van der Waals surface area contributed by atoms with E-state index < -0.39 is 0 Å². The fourth-order valence-electron chi connectivity index (χ4n) is 2.72. The predicted octanol–water partition coefficient (Wildman–Crippen LogP) is 2.33. The molecule has 3 rings (SSSR count). The Kier molecular flexibility index (Phi) is 2.96. The van der Waals surface area contributed by atoms with Gasteiger partial charge in [-0.2, -0.15) is 5.10 Å².